The lowest BCUT2D eigenvalue weighted by molar-refractivity contribution is -0.142. The molecule has 0 aliphatic carbocycles. The molecule has 0 radical (unpaired) electrons. The van der Waals surface area contributed by atoms with E-state index in [4.69, 9.17) is 4.74 Å². The third-order valence-electron chi connectivity index (χ3n) is 2.00. The summed E-state index contributed by atoms with van der Waals surface area (Å²) < 4.78 is 5.05. The van der Waals surface area contributed by atoms with E-state index in [0.29, 0.717) is 13.0 Å². The number of carbonyl (C=O) groups is 1. The van der Waals surface area contributed by atoms with Crippen molar-refractivity contribution in [3.63, 3.8) is 0 Å². The molecule has 0 bridgehead atoms. The van der Waals surface area contributed by atoms with E-state index in [9.17, 15) is 4.79 Å². The van der Waals surface area contributed by atoms with Crippen molar-refractivity contribution in [3.8, 4) is 0 Å². The van der Waals surface area contributed by atoms with Gasteiger partial charge in [-0.2, -0.15) is 0 Å². The molecule has 0 saturated carbocycles. The molecule has 0 aliphatic heterocycles. The van der Waals surface area contributed by atoms with Crippen molar-refractivity contribution in [2.45, 2.75) is 45.4 Å². The van der Waals surface area contributed by atoms with Crippen molar-refractivity contribution in [1.82, 2.24) is 0 Å². The quantitative estimate of drug-likeness (QED) is 0.330. The topological polar surface area (TPSA) is 26.3 Å². The Labute approximate surface area is 93.0 Å². The second-order valence-corrected chi connectivity index (χ2v) is 3.44. The van der Waals surface area contributed by atoms with Crippen LogP contribution in [0.4, 0.5) is 0 Å². The van der Waals surface area contributed by atoms with Gasteiger partial charge in [0.05, 0.1) is 13.0 Å². The van der Waals surface area contributed by atoms with Crippen LogP contribution < -0.4 is 0 Å². The third-order valence-corrected chi connectivity index (χ3v) is 2.00. The summed E-state index contributed by atoms with van der Waals surface area (Å²) in [4.78, 5) is 11.1. The predicted octanol–water partition coefficient (Wildman–Crippen LogP) is 3.63. The summed E-state index contributed by atoms with van der Waals surface area (Å²) in [6.45, 7) is 6.25. The molecule has 86 valence electrons. The molecule has 0 unspecified atom stereocenters. The van der Waals surface area contributed by atoms with Crippen LogP contribution in [-0.4, -0.2) is 12.6 Å². The highest BCUT2D eigenvalue weighted by Gasteiger charge is 1.98. The molecule has 0 aromatic rings. The number of carbonyl (C=O) groups excluding carboxylic acids is 1. The number of unbranched alkanes of at least 4 members (excludes halogenated alkanes) is 3. The number of hydrogen-bond donors (Lipinski definition) is 0. The lowest BCUT2D eigenvalue weighted by atomic mass is 10.2. The fraction of sp³-hybridized carbons (Fsp3) is 0.615. The molecule has 0 rings (SSSR count). The summed E-state index contributed by atoms with van der Waals surface area (Å²) >= 11 is 0. The van der Waals surface area contributed by atoms with Crippen molar-refractivity contribution >= 4 is 5.97 Å². The number of allylic oxidation sites excluding steroid dienone is 2. The van der Waals surface area contributed by atoms with E-state index in [1.165, 1.54) is 0 Å². The van der Waals surface area contributed by atoms with Crippen LogP contribution in [0.25, 0.3) is 0 Å². The summed E-state index contributed by atoms with van der Waals surface area (Å²) in [5, 5.41) is 0. The van der Waals surface area contributed by atoms with Crippen LogP contribution in [0.3, 0.4) is 0 Å². The number of rotatable bonds is 9. The van der Waals surface area contributed by atoms with Gasteiger partial charge in [-0.15, -0.1) is 6.58 Å². The first-order chi connectivity index (χ1) is 7.31. The minimum Gasteiger partial charge on any atom is -0.465 e. The summed E-state index contributed by atoms with van der Waals surface area (Å²) in [5.41, 5.74) is 0. The van der Waals surface area contributed by atoms with Gasteiger partial charge < -0.3 is 4.74 Å². The van der Waals surface area contributed by atoms with E-state index in [1.807, 2.05) is 25.2 Å². The smallest absolute Gasteiger partial charge is 0.309 e. The van der Waals surface area contributed by atoms with Crippen LogP contribution in [-0.2, 0) is 9.53 Å². The summed E-state index contributed by atoms with van der Waals surface area (Å²) in [6.07, 6.45) is 11.4. The Hall–Kier alpha value is -1.05. The van der Waals surface area contributed by atoms with E-state index >= 15 is 0 Å². The molecule has 0 amide bonds. The van der Waals surface area contributed by atoms with E-state index in [1.54, 1.807) is 0 Å². The van der Waals surface area contributed by atoms with Gasteiger partial charge in [-0.05, 0) is 32.1 Å². The van der Waals surface area contributed by atoms with Gasteiger partial charge in [-0.1, -0.05) is 25.2 Å². The summed E-state index contributed by atoms with van der Waals surface area (Å²) in [5.74, 6) is -0.122. The van der Waals surface area contributed by atoms with Crippen molar-refractivity contribution in [2.75, 3.05) is 6.61 Å². The Balaban J connectivity index is 3.23. The largest absolute Gasteiger partial charge is 0.465 e. The highest BCUT2D eigenvalue weighted by Crippen LogP contribution is 2.01. The van der Waals surface area contributed by atoms with E-state index < -0.39 is 0 Å². The fourth-order valence-corrected chi connectivity index (χ4v) is 1.16. The van der Waals surface area contributed by atoms with Crippen molar-refractivity contribution in [2.24, 2.45) is 0 Å². The minimum atomic E-state index is -0.122. The van der Waals surface area contributed by atoms with Crippen molar-refractivity contribution in [1.29, 1.82) is 0 Å². The predicted molar refractivity (Wildman–Crippen MR) is 63.7 cm³/mol. The lowest BCUT2D eigenvalue weighted by Gasteiger charge is -2.02. The van der Waals surface area contributed by atoms with Gasteiger partial charge >= 0.3 is 5.97 Å². The molecule has 0 spiro atoms. The summed E-state index contributed by atoms with van der Waals surface area (Å²) in [7, 11) is 0. The van der Waals surface area contributed by atoms with E-state index in [2.05, 4.69) is 6.58 Å². The van der Waals surface area contributed by atoms with Crippen LogP contribution in [0.5, 0.6) is 0 Å². The molecule has 0 N–H and O–H groups in total. The lowest BCUT2D eigenvalue weighted by Crippen LogP contribution is -2.04. The van der Waals surface area contributed by atoms with Crippen LogP contribution >= 0.6 is 0 Å². The van der Waals surface area contributed by atoms with Gasteiger partial charge in [0.15, 0.2) is 0 Å². The molecular formula is C13H22O2. The van der Waals surface area contributed by atoms with Crippen LogP contribution in [0.1, 0.15) is 45.4 Å². The fourth-order valence-electron chi connectivity index (χ4n) is 1.16. The maximum atomic E-state index is 11.1. The molecule has 2 heteroatoms. The minimum absolute atomic E-state index is 0.122. The maximum Gasteiger partial charge on any atom is 0.309 e. The number of esters is 1. The SMILES string of the molecule is C=CCCCCCOC(=O)C/C=C\CC. The standard InChI is InChI=1S/C13H22O2/c1-3-5-7-8-10-12-15-13(14)11-9-6-4-2/h3,6,9H,1,4-5,7-8,10-12H2,2H3/b9-6-. The molecule has 0 atom stereocenters. The number of ether oxygens (including phenoxy) is 1. The van der Waals surface area contributed by atoms with Crippen molar-refractivity contribution in [3.05, 3.63) is 24.8 Å². The van der Waals surface area contributed by atoms with Gasteiger partial charge in [0.1, 0.15) is 0 Å². The zero-order valence-corrected chi connectivity index (χ0v) is 9.71. The van der Waals surface area contributed by atoms with E-state index in [-0.39, 0.29) is 5.97 Å². The van der Waals surface area contributed by atoms with Gasteiger partial charge in [-0.25, -0.2) is 0 Å². The second-order valence-electron chi connectivity index (χ2n) is 3.44. The van der Waals surface area contributed by atoms with Gasteiger partial charge in [-0.3, -0.25) is 4.79 Å². The zero-order chi connectivity index (χ0) is 11.4. The normalized spacial score (nSPS) is 10.5. The molecule has 15 heavy (non-hydrogen) atoms. The second kappa shape index (κ2) is 11.0. The third kappa shape index (κ3) is 10.9. The molecular weight excluding hydrogens is 188 g/mol. The molecule has 0 heterocycles. The Morgan fingerprint density at radius 3 is 2.73 bits per heavy atom. The molecule has 0 aromatic carbocycles. The summed E-state index contributed by atoms with van der Waals surface area (Å²) in [6, 6.07) is 0. The molecule has 0 saturated heterocycles. The Morgan fingerprint density at radius 2 is 2.07 bits per heavy atom. The average molecular weight is 210 g/mol. The van der Waals surface area contributed by atoms with Gasteiger partial charge in [0.2, 0.25) is 0 Å². The molecule has 0 aliphatic rings. The molecule has 0 fully saturated rings. The Bertz CT molecular complexity index is 195. The monoisotopic (exact) mass is 210 g/mol. The molecule has 2 nitrogen and oxygen atoms in total. The maximum absolute atomic E-state index is 11.1. The van der Waals surface area contributed by atoms with Crippen LogP contribution in [0.15, 0.2) is 24.8 Å². The highest BCUT2D eigenvalue weighted by atomic mass is 16.5. The van der Waals surface area contributed by atoms with Gasteiger partial charge in [0, 0.05) is 0 Å². The number of hydrogen-bond acceptors (Lipinski definition) is 2. The van der Waals surface area contributed by atoms with Crippen LogP contribution in [0.2, 0.25) is 0 Å². The average Bonchev–Trinajstić information content (AvgIpc) is 2.23. The molecule has 0 aromatic heterocycles. The first-order valence-electron chi connectivity index (χ1n) is 5.72. The Kier molecular flexibility index (Phi) is 10.3. The van der Waals surface area contributed by atoms with Crippen molar-refractivity contribution < 1.29 is 9.53 Å². The van der Waals surface area contributed by atoms with Gasteiger partial charge in [0.25, 0.3) is 0 Å². The van der Waals surface area contributed by atoms with Crippen LogP contribution in [0, 0.1) is 0 Å². The zero-order valence-electron chi connectivity index (χ0n) is 9.71. The van der Waals surface area contributed by atoms with E-state index in [0.717, 1.165) is 32.1 Å². The Morgan fingerprint density at radius 1 is 1.27 bits per heavy atom. The first-order valence-corrected chi connectivity index (χ1v) is 5.72. The first kappa shape index (κ1) is 13.9. The highest BCUT2D eigenvalue weighted by molar-refractivity contribution is 5.71.